The highest BCUT2D eigenvalue weighted by Gasteiger charge is 2.22. The van der Waals surface area contributed by atoms with E-state index in [1.165, 1.54) is 111 Å². The van der Waals surface area contributed by atoms with E-state index >= 15 is 0 Å². The van der Waals surface area contributed by atoms with Gasteiger partial charge in [0, 0.05) is 0 Å². The van der Waals surface area contributed by atoms with Crippen molar-refractivity contribution in [2.45, 2.75) is 95.4 Å². The molecule has 0 unspecified atom stereocenters. The third-order valence-electron chi connectivity index (χ3n) is 13.5. The van der Waals surface area contributed by atoms with Crippen molar-refractivity contribution in [2.24, 2.45) is 0 Å². The zero-order chi connectivity index (χ0) is 39.4. The summed E-state index contributed by atoms with van der Waals surface area (Å²) in [5, 5.41) is 0. The van der Waals surface area contributed by atoms with Crippen molar-refractivity contribution in [1.29, 1.82) is 0 Å². The fourth-order valence-corrected chi connectivity index (χ4v) is 8.96. The van der Waals surface area contributed by atoms with E-state index in [1.807, 2.05) is 0 Å². The van der Waals surface area contributed by atoms with Crippen molar-refractivity contribution in [2.75, 3.05) is 0 Å². The lowest BCUT2D eigenvalue weighted by Gasteiger charge is -2.17. The lowest BCUT2D eigenvalue weighted by molar-refractivity contribution is -0.663. The summed E-state index contributed by atoms with van der Waals surface area (Å²) in [6.45, 7) is 26.1. The van der Waals surface area contributed by atoms with Gasteiger partial charge in [0.25, 0.3) is 0 Å². The molecule has 0 aliphatic carbocycles. The molecule has 0 aliphatic heterocycles. The van der Waals surface area contributed by atoms with Gasteiger partial charge in [0.1, 0.15) is 26.2 Å². The zero-order valence-electron chi connectivity index (χ0n) is 35.8. The first-order chi connectivity index (χ1) is 26.9. The van der Waals surface area contributed by atoms with Crippen LogP contribution in [0.1, 0.15) is 77.9 Å². The fourth-order valence-electron chi connectivity index (χ4n) is 8.96. The molecule has 58 heavy (non-hydrogen) atoms. The first-order valence-corrected chi connectivity index (χ1v) is 20.2. The zero-order valence-corrected chi connectivity index (χ0v) is 37.3. The second-order valence-electron chi connectivity index (χ2n) is 16.3. The number of halogens is 2. The van der Waals surface area contributed by atoms with E-state index in [0.717, 1.165) is 26.2 Å². The van der Waals surface area contributed by atoms with Crippen LogP contribution < -0.4 is 33.9 Å². The first kappa shape index (κ1) is 42.4. The maximum Gasteiger partial charge on any atom is 0.245 e. The van der Waals surface area contributed by atoms with Crippen LogP contribution in [0.2, 0.25) is 0 Å². The molecule has 0 fully saturated rings. The second-order valence-corrected chi connectivity index (χ2v) is 16.3. The maximum absolute atomic E-state index is 2.43. The van der Waals surface area contributed by atoms with Crippen LogP contribution in [0, 0.1) is 69.2 Å². The van der Waals surface area contributed by atoms with E-state index in [0.29, 0.717) is 0 Å². The number of para-hydroxylation sites is 4. The Morgan fingerprint density at radius 2 is 0.655 bits per heavy atom. The molecule has 0 saturated heterocycles. The van der Waals surface area contributed by atoms with Crippen molar-refractivity contribution in [3.8, 4) is 11.1 Å². The average molecular weight is 808 g/mol. The van der Waals surface area contributed by atoms with Crippen LogP contribution in [-0.4, -0.2) is 9.13 Å². The van der Waals surface area contributed by atoms with Crippen molar-refractivity contribution >= 4 is 22.1 Å². The molecule has 6 heteroatoms. The molecule has 0 N–H and O–H groups in total. The van der Waals surface area contributed by atoms with Crippen molar-refractivity contribution in [3.63, 3.8) is 0 Å². The molecular weight excluding hydrogens is 752 g/mol. The summed E-state index contributed by atoms with van der Waals surface area (Å²) in [7, 11) is 0. The maximum atomic E-state index is 2.43. The molecule has 0 saturated carbocycles. The summed E-state index contributed by atoms with van der Waals surface area (Å²) in [4.78, 5) is 0. The summed E-state index contributed by atoms with van der Waals surface area (Å²) >= 11 is 0. The lowest BCUT2D eigenvalue weighted by atomic mass is 9.89. The molecule has 8 rings (SSSR count). The molecule has 0 bridgehead atoms. The Hall–Kier alpha value is -5.16. The van der Waals surface area contributed by atoms with Gasteiger partial charge in [-0.1, -0.05) is 72.8 Å². The molecule has 4 nitrogen and oxygen atoms in total. The number of hydrogen-bond acceptors (Lipinski definition) is 0. The van der Waals surface area contributed by atoms with E-state index in [-0.39, 0.29) is 24.8 Å². The summed E-state index contributed by atoms with van der Waals surface area (Å²) in [6, 6.07) is 35.8. The summed E-state index contributed by atoms with van der Waals surface area (Å²) in [5.41, 5.74) is 27.1. The standard InChI is InChI=1S/C52H56N4.2ClH/c1-33-35(3)39(7)47(40(8)36(33)4)29-55-31-53(49-15-11-13-17-51(49)55)27-43-19-23-45(24-20-43)46-25-21-44(22-26-46)28-54-32-56(52-18-14-12-16-50(52)54)30-48-41(9)37(5)34(2)38(6)42(48)10;;/h11-26,31-32H,27-30H2,1-10H3;2*1H/q+2;;/p-2. The number of hydrogen-bond donors (Lipinski definition) is 0. The monoisotopic (exact) mass is 806 g/mol. The van der Waals surface area contributed by atoms with E-state index in [2.05, 4.69) is 197 Å². The van der Waals surface area contributed by atoms with Crippen LogP contribution in [-0.2, 0) is 26.2 Å². The molecule has 0 aliphatic rings. The van der Waals surface area contributed by atoms with Gasteiger partial charge in [-0.15, -0.1) is 0 Å². The van der Waals surface area contributed by atoms with Crippen LogP contribution >= 0.6 is 0 Å². The molecule has 0 radical (unpaired) electrons. The van der Waals surface area contributed by atoms with Crippen LogP contribution in [0.3, 0.4) is 0 Å². The van der Waals surface area contributed by atoms with Gasteiger partial charge in [0.05, 0.1) is 0 Å². The highest BCUT2D eigenvalue weighted by Crippen LogP contribution is 2.29. The Balaban J connectivity index is 0.00000283. The number of fused-ring (bicyclic) bond motifs is 2. The Kier molecular flexibility index (Phi) is 12.4. The molecule has 0 atom stereocenters. The lowest BCUT2D eigenvalue weighted by Crippen LogP contribution is -3.00. The summed E-state index contributed by atoms with van der Waals surface area (Å²) in [6.07, 6.45) is 4.62. The van der Waals surface area contributed by atoms with Crippen LogP contribution in [0.15, 0.2) is 110 Å². The largest absolute Gasteiger partial charge is 1.00 e. The summed E-state index contributed by atoms with van der Waals surface area (Å²) < 4.78 is 9.66. The van der Waals surface area contributed by atoms with Gasteiger partial charge in [0.15, 0.2) is 22.1 Å². The van der Waals surface area contributed by atoms with Gasteiger partial charge >= 0.3 is 0 Å². The molecule has 298 valence electrons. The van der Waals surface area contributed by atoms with Crippen LogP contribution in [0.25, 0.3) is 33.2 Å². The molecule has 0 amide bonds. The minimum Gasteiger partial charge on any atom is -1.00 e. The number of rotatable bonds is 9. The van der Waals surface area contributed by atoms with Gasteiger partial charge in [-0.2, -0.15) is 0 Å². The second kappa shape index (κ2) is 17.0. The molecular formula is C52H56Cl2N4. The predicted octanol–water partition coefficient (Wildman–Crippen LogP) is 5.12. The van der Waals surface area contributed by atoms with Crippen LogP contribution in [0.5, 0.6) is 0 Å². The van der Waals surface area contributed by atoms with Gasteiger partial charge in [0.2, 0.25) is 12.7 Å². The average Bonchev–Trinajstić information content (AvgIpc) is 3.75. The molecule has 2 aromatic heterocycles. The Labute approximate surface area is 357 Å². The molecule has 0 spiro atoms. The van der Waals surface area contributed by atoms with E-state index in [1.54, 1.807) is 0 Å². The third-order valence-corrected chi connectivity index (χ3v) is 13.5. The van der Waals surface area contributed by atoms with Gasteiger partial charge in [-0.3, -0.25) is 0 Å². The third kappa shape index (κ3) is 7.61. The highest BCUT2D eigenvalue weighted by atomic mass is 35.5. The molecule has 6 aromatic carbocycles. The highest BCUT2D eigenvalue weighted by molar-refractivity contribution is 5.73. The molecule has 2 heterocycles. The first-order valence-electron chi connectivity index (χ1n) is 20.2. The Morgan fingerprint density at radius 3 is 0.983 bits per heavy atom. The number of imidazole rings is 2. The van der Waals surface area contributed by atoms with Crippen molar-refractivity contribution in [3.05, 3.63) is 188 Å². The summed E-state index contributed by atoms with van der Waals surface area (Å²) in [5.74, 6) is 0. The Bertz CT molecular complexity index is 2530. The minimum absolute atomic E-state index is 0. The van der Waals surface area contributed by atoms with E-state index in [9.17, 15) is 0 Å². The smallest absolute Gasteiger partial charge is 0.245 e. The van der Waals surface area contributed by atoms with Crippen molar-refractivity contribution in [1.82, 2.24) is 9.13 Å². The number of nitrogens with zero attached hydrogens (tertiary/aromatic N) is 4. The Morgan fingerprint density at radius 1 is 0.362 bits per heavy atom. The van der Waals surface area contributed by atoms with Gasteiger partial charge in [-0.05, 0) is 183 Å². The van der Waals surface area contributed by atoms with Crippen LogP contribution in [0.4, 0.5) is 0 Å². The van der Waals surface area contributed by atoms with Gasteiger partial charge < -0.3 is 24.8 Å². The fraction of sp³-hybridized carbons (Fsp3) is 0.269. The SMILES string of the molecule is Cc1c(C)c(C)c(Cn2c[n+](Cc3ccc(-c4ccc(C[n+]5cn(Cc6c(C)c(C)c(C)c(C)c6C)c6ccccc65)cc4)cc3)c3ccccc32)c(C)c1C.[Cl-].[Cl-]. The van der Waals surface area contributed by atoms with E-state index in [4.69, 9.17) is 0 Å². The predicted molar refractivity (Wildman–Crippen MR) is 233 cm³/mol. The minimum atomic E-state index is 0. The molecule has 8 aromatic rings. The topological polar surface area (TPSA) is 17.6 Å². The van der Waals surface area contributed by atoms with Crippen molar-refractivity contribution < 1.29 is 33.9 Å². The number of aromatic nitrogens is 4. The number of benzene rings is 6. The quantitative estimate of drug-likeness (QED) is 0.181. The van der Waals surface area contributed by atoms with E-state index < -0.39 is 0 Å². The normalized spacial score (nSPS) is 11.3. The van der Waals surface area contributed by atoms with Gasteiger partial charge in [-0.25, -0.2) is 18.3 Å².